The molecule has 3 rings (SSSR count). The van der Waals surface area contributed by atoms with Crippen molar-refractivity contribution in [2.75, 3.05) is 32.7 Å². The summed E-state index contributed by atoms with van der Waals surface area (Å²) in [6.45, 7) is 5.52. The summed E-state index contributed by atoms with van der Waals surface area (Å²) in [6.07, 6.45) is 2.11. The average molecular weight is 314 g/mol. The van der Waals surface area contributed by atoms with Crippen LogP contribution in [0.5, 0.6) is 0 Å². The van der Waals surface area contributed by atoms with Crippen LogP contribution >= 0.6 is 22.9 Å². The van der Waals surface area contributed by atoms with Gasteiger partial charge in [-0.15, -0.1) is 11.3 Å². The molecule has 2 fully saturated rings. The van der Waals surface area contributed by atoms with Crippen molar-refractivity contribution in [3.05, 3.63) is 21.3 Å². The van der Waals surface area contributed by atoms with Gasteiger partial charge in [0.25, 0.3) is 0 Å². The largest absolute Gasteiger partial charge is 0.339 e. The fourth-order valence-electron chi connectivity index (χ4n) is 2.90. The van der Waals surface area contributed by atoms with Gasteiger partial charge in [-0.2, -0.15) is 0 Å². The second-order valence-electron chi connectivity index (χ2n) is 5.46. The van der Waals surface area contributed by atoms with Crippen molar-refractivity contribution in [2.24, 2.45) is 0 Å². The third-order valence-electron chi connectivity index (χ3n) is 4.05. The molecule has 2 saturated heterocycles. The maximum atomic E-state index is 12.3. The van der Waals surface area contributed by atoms with Gasteiger partial charge in [0.05, 0.1) is 10.4 Å². The van der Waals surface area contributed by atoms with Crippen LogP contribution in [-0.4, -0.2) is 54.5 Å². The predicted octanol–water partition coefficient (Wildman–Crippen LogP) is 1.80. The van der Waals surface area contributed by atoms with Gasteiger partial charge in [0.15, 0.2) is 0 Å². The first-order valence-electron chi connectivity index (χ1n) is 7.21. The van der Waals surface area contributed by atoms with E-state index in [0.29, 0.717) is 5.91 Å². The average Bonchev–Trinajstić information content (AvgIpc) is 3.11. The molecule has 1 atom stereocenters. The second kappa shape index (κ2) is 6.43. The Labute approximate surface area is 128 Å². The minimum Gasteiger partial charge on any atom is -0.339 e. The van der Waals surface area contributed by atoms with Crippen LogP contribution in [0.15, 0.2) is 12.1 Å². The summed E-state index contributed by atoms with van der Waals surface area (Å²) < 4.78 is 0.848. The van der Waals surface area contributed by atoms with E-state index in [4.69, 9.17) is 11.6 Å². The van der Waals surface area contributed by atoms with Gasteiger partial charge in [-0.25, -0.2) is 0 Å². The first-order chi connectivity index (χ1) is 9.72. The van der Waals surface area contributed by atoms with E-state index < -0.39 is 0 Å². The normalized spacial score (nSPS) is 24.2. The molecule has 3 heterocycles. The molecule has 1 aromatic rings. The zero-order valence-electron chi connectivity index (χ0n) is 11.5. The Morgan fingerprint density at radius 2 is 2.15 bits per heavy atom. The lowest BCUT2D eigenvalue weighted by Crippen LogP contribution is -2.52. The standard InChI is InChI=1S/C14H20ClN3OS/c15-13-4-3-11(20-13)10-17-6-8-18(9-7-17)14(19)12-2-1-5-16-12/h3-4,12,16H,1-2,5-10H2. The summed E-state index contributed by atoms with van der Waals surface area (Å²) in [6, 6.07) is 4.11. The molecule has 0 radical (unpaired) electrons. The first-order valence-corrected chi connectivity index (χ1v) is 8.40. The lowest BCUT2D eigenvalue weighted by Gasteiger charge is -2.35. The SMILES string of the molecule is O=C(C1CCCN1)N1CCN(Cc2ccc(Cl)s2)CC1. The summed E-state index contributed by atoms with van der Waals surface area (Å²) in [4.78, 5) is 18.0. The Kier molecular flexibility index (Phi) is 4.61. The van der Waals surface area contributed by atoms with Gasteiger partial charge >= 0.3 is 0 Å². The summed E-state index contributed by atoms with van der Waals surface area (Å²) in [5.74, 6) is 0.293. The lowest BCUT2D eigenvalue weighted by molar-refractivity contribution is -0.134. The molecule has 1 unspecified atom stereocenters. The summed E-state index contributed by atoms with van der Waals surface area (Å²) in [5.41, 5.74) is 0. The summed E-state index contributed by atoms with van der Waals surface area (Å²) in [5, 5.41) is 3.29. The van der Waals surface area contributed by atoms with E-state index in [-0.39, 0.29) is 6.04 Å². The molecule has 0 aliphatic carbocycles. The van der Waals surface area contributed by atoms with Gasteiger partial charge in [0, 0.05) is 37.6 Å². The number of amides is 1. The lowest BCUT2D eigenvalue weighted by atomic mass is 10.2. The number of hydrogen-bond acceptors (Lipinski definition) is 4. The Hall–Kier alpha value is -0.620. The van der Waals surface area contributed by atoms with Gasteiger partial charge in [0.1, 0.15) is 0 Å². The molecule has 2 aliphatic heterocycles. The zero-order valence-corrected chi connectivity index (χ0v) is 13.1. The highest BCUT2D eigenvalue weighted by atomic mass is 35.5. The minimum atomic E-state index is 0.0673. The van der Waals surface area contributed by atoms with Gasteiger partial charge < -0.3 is 10.2 Å². The fourth-order valence-corrected chi connectivity index (χ4v) is 4.03. The molecular formula is C14H20ClN3OS. The zero-order chi connectivity index (χ0) is 13.9. The van der Waals surface area contributed by atoms with Crippen molar-refractivity contribution in [3.63, 3.8) is 0 Å². The Morgan fingerprint density at radius 3 is 2.75 bits per heavy atom. The number of piperazine rings is 1. The van der Waals surface area contributed by atoms with Crippen LogP contribution in [0.3, 0.4) is 0 Å². The topological polar surface area (TPSA) is 35.6 Å². The van der Waals surface area contributed by atoms with Crippen molar-refractivity contribution in [2.45, 2.75) is 25.4 Å². The van der Waals surface area contributed by atoms with Crippen molar-refractivity contribution >= 4 is 28.8 Å². The number of thiophene rings is 1. The van der Waals surface area contributed by atoms with E-state index in [1.165, 1.54) is 4.88 Å². The molecule has 1 aromatic heterocycles. The Morgan fingerprint density at radius 1 is 1.35 bits per heavy atom. The molecule has 4 nitrogen and oxygen atoms in total. The molecule has 0 spiro atoms. The maximum absolute atomic E-state index is 12.3. The van der Waals surface area contributed by atoms with Crippen molar-refractivity contribution in [1.29, 1.82) is 0 Å². The Balaban J connectivity index is 1.48. The van der Waals surface area contributed by atoms with E-state index in [0.717, 1.165) is 56.4 Å². The highest BCUT2D eigenvalue weighted by Gasteiger charge is 2.29. The summed E-state index contributed by atoms with van der Waals surface area (Å²) >= 11 is 7.60. The maximum Gasteiger partial charge on any atom is 0.239 e. The highest BCUT2D eigenvalue weighted by Crippen LogP contribution is 2.23. The number of hydrogen-bond donors (Lipinski definition) is 1. The van der Waals surface area contributed by atoms with Crippen LogP contribution in [0.2, 0.25) is 4.34 Å². The predicted molar refractivity (Wildman–Crippen MR) is 82.2 cm³/mol. The molecule has 6 heteroatoms. The second-order valence-corrected chi connectivity index (χ2v) is 7.26. The molecule has 1 N–H and O–H groups in total. The number of nitrogens with one attached hydrogen (secondary N) is 1. The third-order valence-corrected chi connectivity index (χ3v) is 5.27. The van der Waals surface area contributed by atoms with Crippen LogP contribution in [0.25, 0.3) is 0 Å². The fraction of sp³-hybridized carbons (Fsp3) is 0.643. The van der Waals surface area contributed by atoms with Crippen molar-refractivity contribution in [1.82, 2.24) is 15.1 Å². The van der Waals surface area contributed by atoms with Crippen LogP contribution in [0, 0.1) is 0 Å². The molecule has 0 bridgehead atoms. The molecule has 2 aliphatic rings. The van der Waals surface area contributed by atoms with Crippen LogP contribution in [-0.2, 0) is 11.3 Å². The summed E-state index contributed by atoms with van der Waals surface area (Å²) in [7, 11) is 0. The van der Waals surface area contributed by atoms with E-state index >= 15 is 0 Å². The van der Waals surface area contributed by atoms with E-state index in [2.05, 4.69) is 16.3 Å². The van der Waals surface area contributed by atoms with Crippen molar-refractivity contribution in [3.8, 4) is 0 Å². The van der Waals surface area contributed by atoms with Crippen LogP contribution in [0.4, 0.5) is 0 Å². The molecule has 0 aromatic carbocycles. The molecule has 0 saturated carbocycles. The minimum absolute atomic E-state index is 0.0673. The highest BCUT2D eigenvalue weighted by molar-refractivity contribution is 7.16. The Bertz CT molecular complexity index is 465. The van der Waals surface area contributed by atoms with Gasteiger partial charge in [0.2, 0.25) is 5.91 Å². The molecule has 20 heavy (non-hydrogen) atoms. The smallest absolute Gasteiger partial charge is 0.239 e. The first kappa shape index (κ1) is 14.3. The van der Waals surface area contributed by atoms with Crippen LogP contribution in [0.1, 0.15) is 17.7 Å². The number of nitrogens with zero attached hydrogens (tertiary/aromatic N) is 2. The van der Waals surface area contributed by atoms with Gasteiger partial charge in [-0.05, 0) is 31.5 Å². The van der Waals surface area contributed by atoms with Crippen molar-refractivity contribution < 1.29 is 4.79 Å². The van der Waals surface area contributed by atoms with Gasteiger partial charge in [-0.3, -0.25) is 9.69 Å². The quantitative estimate of drug-likeness (QED) is 0.924. The molecule has 1 amide bonds. The molecule has 110 valence electrons. The van der Waals surface area contributed by atoms with Crippen LogP contribution < -0.4 is 5.32 Å². The third kappa shape index (κ3) is 3.34. The number of carbonyl (C=O) groups excluding carboxylic acids is 1. The van der Waals surface area contributed by atoms with Gasteiger partial charge in [-0.1, -0.05) is 11.6 Å². The van der Waals surface area contributed by atoms with E-state index in [1.54, 1.807) is 11.3 Å². The number of carbonyl (C=O) groups is 1. The number of halogens is 1. The van der Waals surface area contributed by atoms with E-state index in [9.17, 15) is 4.79 Å². The monoisotopic (exact) mass is 313 g/mol. The number of rotatable bonds is 3. The van der Waals surface area contributed by atoms with E-state index in [1.807, 2.05) is 11.0 Å². The molecular weight excluding hydrogens is 294 g/mol.